The Hall–Kier alpha value is -3.08. The van der Waals surface area contributed by atoms with Crippen LogP contribution in [0.3, 0.4) is 0 Å². The third-order valence-corrected chi connectivity index (χ3v) is 3.51. The predicted octanol–water partition coefficient (Wildman–Crippen LogP) is 2.85. The SMILES string of the molecule is Nc1cc(N(Cc2ccccc2)Cc2ccccc2)nc(N)n1. The number of benzene rings is 2. The molecule has 4 N–H and O–H groups in total. The summed E-state index contributed by atoms with van der Waals surface area (Å²) in [6.07, 6.45) is 0. The number of nitrogens with zero attached hydrogens (tertiary/aromatic N) is 3. The topological polar surface area (TPSA) is 81.1 Å². The van der Waals surface area contributed by atoms with Gasteiger partial charge in [-0.2, -0.15) is 9.97 Å². The highest BCUT2D eigenvalue weighted by molar-refractivity contribution is 5.51. The summed E-state index contributed by atoms with van der Waals surface area (Å²) < 4.78 is 0. The van der Waals surface area contributed by atoms with Gasteiger partial charge in [0.1, 0.15) is 11.6 Å². The monoisotopic (exact) mass is 305 g/mol. The predicted molar refractivity (Wildman–Crippen MR) is 93.6 cm³/mol. The molecular formula is C18H19N5. The Morgan fingerprint density at radius 2 is 1.26 bits per heavy atom. The maximum absolute atomic E-state index is 5.83. The minimum Gasteiger partial charge on any atom is -0.383 e. The van der Waals surface area contributed by atoms with Crippen molar-refractivity contribution in [2.24, 2.45) is 0 Å². The summed E-state index contributed by atoms with van der Waals surface area (Å²) in [4.78, 5) is 10.4. The van der Waals surface area contributed by atoms with Gasteiger partial charge in [-0.3, -0.25) is 0 Å². The Balaban J connectivity index is 1.92. The van der Waals surface area contributed by atoms with Crippen molar-refractivity contribution in [1.82, 2.24) is 9.97 Å². The Morgan fingerprint density at radius 3 is 1.74 bits per heavy atom. The van der Waals surface area contributed by atoms with E-state index in [-0.39, 0.29) is 5.95 Å². The van der Waals surface area contributed by atoms with Crippen molar-refractivity contribution in [3.8, 4) is 0 Å². The second-order valence-corrected chi connectivity index (χ2v) is 5.34. The number of nitrogen functional groups attached to an aromatic ring is 2. The van der Waals surface area contributed by atoms with Gasteiger partial charge < -0.3 is 16.4 Å². The summed E-state index contributed by atoms with van der Waals surface area (Å²) in [5.41, 5.74) is 14.0. The summed E-state index contributed by atoms with van der Waals surface area (Å²) in [6.45, 7) is 1.43. The summed E-state index contributed by atoms with van der Waals surface area (Å²) in [5, 5.41) is 0. The van der Waals surface area contributed by atoms with E-state index in [0.717, 1.165) is 5.82 Å². The molecule has 0 radical (unpaired) electrons. The van der Waals surface area contributed by atoms with E-state index < -0.39 is 0 Å². The molecule has 3 aromatic rings. The maximum Gasteiger partial charge on any atom is 0.223 e. The number of hydrogen-bond acceptors (Lipinski definition) is 5. The van der Waals surface area contributed by atoms with Gasteiger partial charge >= 0.3 is 0 Å². The van der Waals surface area contributed by atoms with Gasteiger partial charge in [0.25, 0.3) is 0 Å². The van der Waals surface area contributed by atoms with Crippen molar-refractivity contribution in [3.05, 3.63) is 77.9 Å². The van der Waals surface area contributed by atoms with E-state index >= 15 is 0 Å². The van der Waals surface area contributed by atoms with Gasteiger partial charge in [-0.25, -0.2) is 0 Å². The molecule has 1 heterocycles. The van der Waals surface area contributed by atoms with Crippen LogP contribution in [0.4, 0.5) is 17.6 Å². The number of hydrogen-bond donors (Lipinski definition) is 2. The van der Waals surface area contributed by atoms with Crippen LogP contribution in [-0.4, -0.2) is 9.97 Å². The first-order valence-electron chi connectivity index (χ1n) is 7.43. The van der Waals surface area contributed by atoms with Crippen molar-refractivity contribution < 1.29 is 0 Å². The van der Waals surface area contributed by atoms with Crippen LogP contribution in [0.2, 0.25) is 0 Å². The first-order valence-corrected chi connectivity index (χ1v) is 7.43. The zero-order valence-electron chi connectivity index (χ0n) is 12.8. The molecule has 1 aromatic heterocycles. The molecule has 0 spiro atoms. The van der Waals surface area contributed by atoms with Gasteiger partial charge in [0, 0.05) is 19.2 Å². The highest BCUT2D eigenvalue weighted by Gasteiger charge is 2.12. The molecule has 0 saturated heterocycles. The maximum atomic E-state index is 5.83. The van der Waals surface area contributed by atoms with E-state index in [1.165, 1.54) is 11.1 Å². The molecule has 5 heteroatoms. The van der Waals surface area contributed by atoms with Crippen molar-refractivity contribution in [2.75, 3.05) is 16.4 Å². The first-order chi connectivity index (χ1) is 11.2. The third-order valence-electron chi connectivity index (χ3n) is 3.51. The lowest BCUT2D eigenvalue weighted by molar-refractivity contribution is 0.782. The van der Waals surface area contributed by atoms with E-state index in [2.05, 4.69) is 39.1 Å². The minimum atomic E-state index is 0.186. The first kappa shape index (κ1) is 14.8. The molecule has 116 valence electrons. The second kappa shape index (κ2) is 6.79. The van der Waals surface area contributed by atoms with Crippen LogP contribution < -0.4 is 16.4 Å². The molecule has 5 nitrogen and oxygen atoms in total. The molecule has 2 aromatic carbocycles. The van der Waals surface area contributed by atoms with Crippen molar-refractivity contribution in [3.63, 3.8) is 0 Å². The molecule has 3 rings (SSSR count). The van der Waals surface area contributed by atoms with Gasteiger partial charge in [-0.05, 0) is 11.1 Å². The van der Waals surface area contributed by atoms with E-state index in [1.54, 1.807) is 6.07 Å². The minimum absolute atomic E-state index is 0.186. The summed E-state index contributed by atoms with van der Waals surface area (Å²) in [5.74, 6) is 1.28. The van der Waals surface area contributed by atoms with Crippen molar-refractivity contribution >= 4 is 17.6 Å². The third kappa shape index (κ3) is 3.97. The van der Waals surface area contributed by atoms with Crippen molar-refractivity contribution in [1.29, 1.82) is 0 Å². The average molecular weight is 305 g/mol. The molecule has 0 atom stereocenters. The summed E-state index contributed by atoms with van der Waals surface area (Å²) >= 11 is 0. The Morgan fingerprint density at radius 1 is 0.739 bits per heavy atom. The molecule has 0 aliphatic heterocycles. The average Bonchev–Trinajstić information content (AvgIpc) is 2.55. The lowest BCUT2D eigenvalue weighted by Gasteiger charge is -2.24. The number of rotatable bonds is 5. The van der Waals surface area contributed by atoms with E-state index in [4.69, 9.17) is 11.5 Å². The number of nitrogens with two attached hydrogens (primary N) is 2. The Labute approximate surface area is 135 Å². The van der Waals surface area contributed by atoms with Gasteiger partial charge in [-0.15, -0.1) is 0 Å². The molecule has 0 amide bonds. The van der Waals surface area contributed by atoms with E-state index in [1.807, 2.05) is 36.4 Å². The van der Waals surface area contributed by atoms with Gasteiger partial charge in [-0.1, -0.05) is 60.7 Å². The van der Waals surface area contributed by atoms with E-state index in [0.29, 0.717) is 18.9 Å². The van der Waals surface area contributed by atoms with Crippen LogP contribution in [0.15, 0.2) is 66.7 Å². The van der Waals surface area contributed by atoms with Crippen LogP contribution in [0.5, 0.6) is 0 Å². The van der Waals surface area contributed by atoms with Crippen LogP contribution in [0.1, 0.15) is 11.1 Å². The molecule has 0 aliphatic carbocycles. The summed E-state index contributed by atoms with van der Waals surface area (Å²) in [6, 6.07) is 22.2. The van der Waals surface area contributed by atoms with Crippen LogP contribution >= 0.6 is 0 Å². The molecule has 0 aliphatic rings. The zero-order valence-corrected chi connectivity index (χ0v) is 12.8. The Bertz CT molecular complexity index is 697. The highest BCUT2D eigenvalue weighted by Crippen LogP contribution is 2.20. The van der Waals surface area contributed by atoms with Gasteiger partial charge in [0.2, 0.25) is 5.95 Å². The molecule has 23 heavy (non-hydrogen) atoms. The lowest BCUT2D eigenvalue weighted by atomic mass is 10.1. The van der Waals surface area contributed by atoms with Crippen LogP contribution in [0.25, 0.3) is 0 Å². The van der Waals surface area contributed by atoms with Gasteiger partial charge in [0.05, 0.1) is 0 Å². The zero-order chi connectivity index (χ0) is 16.1. The van der Waals surface area contributed by atoms with Crippen molar-refractivity contribution in [2.45, 2.75) is 13.1 Å². The Kier molecular flexibility index (Phi) is 4.38. The molecule has 0 saturated carbocycles. The largest absolute Gasteiger partial charge is 0.383 e. The van der Waals surface area contributed by atoms with Crippen LogP contribution in [-0.2, 0) is 13.1 Å². The highest BCUT2D eigenvalue weighted by atomic mass is 15.2. The second-order valence-electron chi connectivity index (χ2n) is 5.34. The number of anilines is 3. The van der Waals surface area contributed by atoms with E-state index in [9.17, 15) is 0 Å². The fourth-order valence-corrected chi connectivity index (χ4v) is 2.46. The fourth-order valence-electron chi connectivity index (χ4n) is 2.46. The molecule has 0 bridgehead atoms. The lowest BCUT2D eigenvalue weighted by Crippen LogP contribution is -2.24. The smallest absolute Gasteiger partial charge is 0.223 e. The normalized spacial score (nSPS) is 10.4. The molecular weight excluding hydrogens is 286 g/mol. The quantitative estimate of drug-likeness (QED) is 0.757. The fraction of sp³-hybridized carbons (Fsp3) is 0.111. The molecule has 0 unspecified atom stereocenters. The van der Waals surface area contributed by atoms with Crippen LogP contribution in [0, 0.1) is 0 Å². The summed E-state index contributed by atoms with van der Waals surface area (Å²) in [7, 11) is 0. The standard InChI is InChI=1S/C18H19N5/c19-16-11-17(22-18(20)21-16)23(12-14-7-3-1-4-8-14)13-15-9-5-2-6-10-15/h1-11H,12-13H2,(H4,19,20,21,22). The number of aromatic nitrogens is 2. The molecule has 0 fully saturated rings. The van der Waals surface area contributed by atoms with Gasteiger partial charge in [0.15, 0.2) is 0 Å².